The number of thiophene rings is 1. The Hall–Kier alpha value is -0.590. The van der Waals surface area contributed by atoms with Crippen LogP contribution in [0.2, 0.25) is 0 Å². The Bertz CT molecular complexity index is 527. The molecule has 0 aromatic carbocycles. The minimum atomic E-state index is 0.0644. The van der Waals surface area contributed by atoms with Crippen LogP contribution in [0.3, 0.4) is 0 Å². The van der Waals surface area contributed by atoms with Gasteiger partial charge in [-0.2, -0.15) is 0 Å². The second kappa shape index (κ2) is 5.66. The van der Waals surface area contributed by atoms with Crippen LogP contribution in [0.1, 0.15) is 27.4 Å². The lowest BCUT2D eigenvalue weighted by molar-refractivity contribution is -0.0313. The molecule has 1 saturated carbocycles. The molecule has 0 bridgehead atoms. The number of morpholine rings is 1. The molecule has 1 aromatic rings. The quantitative estimate of drug-likeness (QED) is 0.832. The maximum absolute atomic E-state index is 12.7. The number of methoxy groups -OCH3 is 1. The Morgan fingerprint density at radius 1 is 1.50 bits per heavy atom. The molecule has 0 N–H and O–H groups in total. The molecule has 20 heavy (non-hydrogen) atoms. The van der Waals surface area contributed by atoms with E-state index in [4.69, 9.17) is 9.47 Å². The van der Waals surface area contributed by atoms with Gasteiger partial charge in [0.15, 0.2) is 5.75 Å². The summed E-state index contributed by atoms with van der Waals surface area (Å²) in [5, 5.41) is 0. The van der Waals surface area contributed by atoms with Crippen molar-refractivity contribution >= 4 is 33.2 Å². The van der Waals surface area contributed by atoms with E-state index in [1.54, 1.807) is 7.11 Å². The van der Waals surface area contributed by atoms with Crippen molar-refractivity contribution in [3.05, 3.63) is 14.2 Å². The normalized spacial score (nSPS) is 22.9. The summed E-state index contributed by atoms with van der Waals surface area (Å²) < 4.78 is 12.0. The third-order valence-corrected chi connectivity index (χ3v) is 6.19. The number of hydrogen-bond acceptors (Lipinski definition) is 4. The average Bonchev–Trinajstić information content (AvgIpc) is 3.26. The van der Waals surface area contributed by atoms with Crippen LogP contribution < -0.4 is 4.74 Å². The second-order valence-corrected chi connectivity index (χ2v) is 7.35. The average molecular weight is 360 g/mol. The minimum Gasteiger partial charge on any atom is -0.494 e. The molecule has 1 aliphatic heterocycles. The number of nitrogens with zero attached hydrogens (tertiary/aromatic N) is 1. The Balaban J connectivity index is 1.79. The van der Waals surface area contributed by atoms with Gasteiger partial charge in [-0.3, -0.25) is 4.79 Å². The Kier molecular flexibility index (Phi) is 4.06. The Morgan fingerprint density at radius 3 is 2.90 bits per heavy atom. The summed E-state index contributed by atoms with van der Waals surface area (Å²) in [5.41, 5.74) is 0. The molecule has 2 heterocycles. The fourth-order valence-corrected chi connectivity index (χ4v) is 4.30. The molecule has 110 valence electrons. The maximum Gasteiger partial charge on any atom is 0.267 e. The van der Waals surface area contributed by atoms with Crippen LogP contribution in [0.5, 0.6) is 5.75 Å². The van der Waals surface area contributed by atoms with E-state index in [2.05, 4.69) is 15.9 Å². The monoisotopic (exact) mass is 359 g/mol. The van der Waals surface area contributed by atoms with Gasteiger partial charge in [-0.05, 0) is 41.6 Å². The van der Waals surface area contributed by atoms with Crippen LogP contribution in [0.25, 0.3) is 0 Å². The van der Waals surface area contributed by atoms with Gasteiger partial charge in [-0.25, -0.2) is 0 Å². The summed E-state index contributed by atoms with van der Waals surface area (Å²) in [6.45, 7) is 4.00. The van der Waals surface area contributed by atoms with Crippen LogP contribution in [0.4, 0.5) is 0 Å². The first-order valence-corrected chi connectivity index (χ1v) is 8.46. The number of ether oxygens (including phenoxy) is 2. The van der Waals surface area contributed by atoms with E-state index in [1.165, 1.54) is 24.2 Å². The van der Waals surface area contributed by atoms with Crippen LogP contribution in [-0.2, 0) is 4.74 Å². The highest BCUT2D eigenvalue weighted by Crippen LogP contribution is 2.40. The SMILES string of the molecule is COc1c(C(=O)N2CCO[C@H](C3CC3)C2)sc(C)c1Br. The first-order valence-electron chi connectivity index (χ1n) is 6.85. The summed E-state index contributed by atoms with van der Waals surface area (Å²) >= 11 is 4.98. The number of rotatable bonds is 3. The molecule has 1 saturated heterocycles. The zero-order chi connectivity index (χ0) is 14.3. The summed E-state index contributed by atoms with van der Waals surface area (Å²) in [7, 11) is 1.61. The van der Waals surface area contributed by atoms with Gasteiger partial charge < -0.3 is 14.4 Å². The van der Waals surface area contributed by atoms with Crippen LogP contribution in [0.15, 0.2) is 4.47 Å². The molecule has 0 radical (unpaired) electrons. The molecular formula is C14H18BrNO3S. The predicted molar refractivity (Wildman–Crippen MR) is 81.7 cm³/mol. The standard InChI is InChI=1S/C14H18BrNO3S/c1-8-11(15)12(18-2)13(20-8)14(17)16-5-6-19-10(7-16)9-3-4-9/h9-10H,3-7H2,1-2H3/t10-/m0/s1. The zero-order valence-electron chi connectivity index (χ0n) is 11.6. The van der Waals surface area contributed by atoms with Crippen LogP contribution in [0, 0.1) is 12.8 Å². The van der Waals surface area contributed by atoms with Gasteiger partial charge in [0.2, 0.25) is 0 Å². The smallest absolute Gasteiger partial charge is 0.267 e. The van der Waals surface area contributed by atoms with E-state index < -0.39 is 0 Å². The molecule has 0 spiro atoms. The molecule has 2 fully saturated rings. The molecule has 1 aromatic heterocycles. The van der Waals surface area contributed by atoms with Crippen molar-refractivity contribution in [2.45, 2.75) is 25.9 Å². The van der Waals surface area contributed by atoms with Crippen molar-refractivity contribution in [1.82, 2.24) is 4.90 Å². The highest BCUT2D eigenvalue weighted by Gasteiger charge is 2.37. The topological polar surface area (TPSA) is 38.8 Å². The van der Waals surface area contributed by atoms with Gasteiger partial charge >= 0.3 is 0 Å². The van der Waals surface area contributed by atoms with Gasteiger partial charge in [0.05, 0.1) is 24.3 Å². The van der Waals surface area contributed by atoms with Gasteiger partial charge in [0, 0.05) is 18.0 Å². The molecule has 1 aliphatic carbocycles. The van der Waals surface area contributed by atoms with Crippen molar-refractivity contribution in [1.29, 1.82) is 0 Å². The first-order chi connectivity index (χ1) is 9.61. The lowest BCUT2D eigenvalue weighted by atomic mass is 10.2. The lowest BCUT2D eigenvalue weighted by Gasteiger charge is -2.33. The molecule has 3 rings (SSSR count). The van der Waals surface area contributed by atoms with Crippen molar-refractivity contribution in [2.24, 2.45) is 5.92 Å². The largest absolute Gasteiger partial charge is 0.494 e. The van der Waals surface area contributed by atoms with Gasteiger partial charge in [0.1, 0.15) is 4.88 Å². The van der Waals surface area contributed by atoms with Crippen LogP contribution >= 0.6 is 27.3 Å². The molecule has 2 aliphatic rings. The van der Waals surface area contributed by atoms with Crippen molar-refractivity contribution in [2.75, 3.05) is 26.8 Å². The Labute approximate surface area is 131 Å². The molecule has 1 amide bonds. The summed E-state index contributed by atoms with van der Waals surface area (Å²) in [4.78, 5) is 16.4. The van der Waals surface area contributed by atoms with E-state index >= 15 is 0 Å². The first kappa shape index (κ1) is 14.4. The molecular weight excluding hydrogens is 342 g/mol. The van der Waals surface area contributed by atoms with Gasteiger partial charge in [0.25, 0.3) is 5.91 Å². The summed E-state index contributed by atoms with van der Waals surface area (Å²) in [6.07, 6.45) is 2.70. The number of carbonyl (C=O) groups is 1. The summed E-state index contributed by atoms with van der Waals surface area (Å²) in [6, 6.07) is 0. The highest BCUT2D eigenvalue weighted by molar-refractivity contribution is 9.10. The minimum absolute atomic E-state index is 0.0644. The van der Waals surface area contributed by atoms with Gasteiger partial charge in [-0.15, -0.1) is 11.3 Å². The Morgan fingerprint density at radius 2 is 2.25 bits per heavy atom. The van der Waals surface area contributed by atoms with E-state index in [0.29, 0.717) is 36.2 Å². The zero-order valence-corrected chi connectivity index (χ0v) is 14.1. The van der Waals surface area contributed by atoms with Crippen LogP contribution in [-0.4, -0.2) is 43.7 Å². The van der Waals surface area contributed by atoms with Gasteiger partial charge in [-0.1, -0.05) is 0 Å². The maximum atomic E-state index is 12.7. The molecule has 6 heteroatoms. The number of aryl methyl sites for hydroxylation is 1. The third kappa shape index (κ3) is 2.61. The lowest BCUT2D eigenvalue weighted by Crippen LogP contribution is -2.46. The van der Waals surface area contributed by atoms with Crippen molar-refractivity contribution < 1.29 is 14.3 Å². The fraction of sp³-hybridized carbons (Fsp3) is 0.643. The molecule has 1 atom stereocenters. The second-order valence-electron chi connectivity index (χ2n) is 5.33. The van der Waals surface area contributed by atoms with Crippen molar-refractivity contribution in [3.63, 3.8) is 0 Å². The van der Waals surface area contributed by atoms with E-state index in [-0.39, 0.29) is 12.0 Å². The van der Waals surface area contributed by atoms with E-state index in [0.717, 1.165) is 9.35 Å². The third-order valence-electron chi connectivity index (χ3n) is 3.90. The van der Waals surface area contributed by atoms with E-state index in [1.807, 2.05) is 11.8 Å². The summed E-state index contributed by atoms with van der Waals surface area (Å²) in [5.74, 6) is 1.38. The molecule has 4 nitrogen and oxygen atoms in total. The number of hydrogen-bond donors (Lipinski definition) is 0. The number of amides is 1. The van der Waals surface area contributed by atoms with Crippen molar-refractivity contribution in [3.8, 4) is 5.75 Å². The van der Waals surface area contributed by atoms with E-state index in [9.17, 15) is 4.79 Å². The molecule has 0 unspecified atom stereocenters. The number of carbonyl (C=O) groups excluding carboxylic acids is 1. The predicted octanol–water partition coefficient (Wildman–Crippen LogP) is 3.08. The fourth-order valence-electron chi connectivity index (χ4n) is 2.58. The highest BCUT2D eigenvalue weighted by atomic mass is 79.9. The number of halogens is 1.